The van der Waals surface area contributed by atoms with E-state index in [0.29, 0.717) is 5.69 Å². The molecule has 4 heteroatoms. The zero-order valence-electron chi connectivity index (χ0n) is 25.9. The second kappa shape index (κ2) is 9.46. The van der Waals surface area contributed by atoms with Gasteiger partial charge in [-0.2, -0.15) is 0 Å². The third-order valence-electron chi connectivity index (χ3n) is 10.6. The van der Waals surface area contributed by atoms with E-state index in [1.807, 2.05) is 12.1 Å². The van der Waals surface area contributed by atoms with Crippen molar-refractivity contribution in [2.75, 3.05) is 4.90 Å². The fourth-order valence-corrected chi connectivity index (χ4v) is 8.52. The molecule has 2 aliphatic rings. The third kappa shape index (κ3) is 3.41. The van der Waals surface area contributed by atoms with Crippen LogP contribution in [0.4, 0.5) is 21.5 Å². The van der Waals surface area contributed by atoms with E-state index in [1.165, 1.54) is 71.1 Å². The Labute approximate surface area is 277 Å². The zero-order valence-corrected chi connectivity index (χ0v) is 25.9. The lowest BCUT2D eigenvalue weighted by atomic mass is 9.45. The van der Waals surface area contributed by atoms with Gasteiger partial charge in [-0.3, -0.25) is 0 Å². The first-order valence-corrected chi connectivity index (χ1v) is 16.5. The predicted octanol–water partition coefficient (Wildman–Crippen LogP) is 10.3. The van der Waals surface area contributed by atoms with Gasteiger partial charge in [-0.1, -0.05) is 109 Å². The molecule has 8 aromatic carbocycles. The van der Waals surface area contributed by atoms with Crippen LogP contribution in [0.5, 0.6) is 0 Å². The molecule has 0 unspecified atom stereocenters. The molecule has 0 saturated carbocycles. The molecule has 0 fully saturated rings. The van der Waals surface area contributed by atoms with Gasteiger partial charge in [-0.15, -0.1) is 0 Å². The van der Waals surface area contributed by atoms with Gasteiger partial charge in [-0.05, 0) is 97.7 Å². The van der Waals surface area contributed by atoms with Crippen LogP contribution in [0.1, 0.15) is 0 Å². The van der Waals surface area contributed by atoms with Crippen LogP contribution >= 0.6 is 0 Å². The van der Waals surface area contributed by atoms with Crippen molar-refractivity contribution in [2.45, 2.75) is 0 Å². The summed E-state index contributed by atoms with van der Waals surface area (Å²) in [5.74, 6) is -0.239. The Hall–Kier alpha value is -6.13. The minimum atomic E-state index is -0.239. The van der Waals surface area contributed by atoms with Crippen LogP contribution in [0.3, 0.4) is 0 Å². The summed E-state index contributed by atoms with van der Waals surface area (Å²) in [4.78, 5) is 2.15. The molecule has 0 amide bonds. The van der Waals surface area contributed by atoms with E-state index in [2.05, 4.69) is 143 Å². The maximum absolute atomic E-state index is 15.9. The maximum atomic E-state index is 15.9. The lowest BCUT2D eigenvalue weighted by Crippen LogP contribution is -2.56. The van der Waals surface area contributed by atoms with Crippen molar-refractivity contribution >= 4 is 78.2 Å². The molecule has 0 N–H and O–H groups in total. The topological polar surface area (TPSA) is 8.17 Å². The molecule has 9 aromatic rings. The Morgan fingerprint density at radius 3 is 2.00 bits per heavy atom. The van der Waals surface area contributed by atoms with Gasteiger partial charge in [0, 0.05) is 38.7 Å². The summed E-state index contributed by atoms with van der Waals surface area (Å²) in [5.41, 5.74) is 12.2. The number of nitrogens with zero attached hydrogens (tertiary/aromatic N) is 2. The highest BCUT2D eigenvalue weighted by molar-refractivity contribution is 6.90. The highest BCUT2D eigenvalue weighted by Crippen LogP contribution is 2.46. The fourth-order valence-electron chi connectivity index (χ4n) is 8.52. The number of aromatic nitrogens is 1. The maximum Gasteiger partial charge on any atom is 0.333 e. The largest absolute Gasteiger partial charge is 0.375 e. The molecule has 0 aliphatic carbocycles. The van der Waals surface area contributed by atoms with E-state index in [0.717, 1.165) is 16.8 Å². The summed E-state index contributed by atoms with van der Waals surface area (Å²) in [7, 11) is 0. The number of para-hydroxylation sites is 2. The average Bonchev–Trinajstić information content (AvgIpc) is 3.46. The van der Waals surface area contributed by atoms with Gasteiger partial charge in [0.2, 0.25) is 0 Å². The highest BCUT2D eigenvalue weighted by Gasteiger charge is 2.43. The van der Waals surface area contributed by atoms with Crippen molar-refractivity contribution in [3.8, 4) is 22.3 Å². The normalized spacial score (nSPS) is 13.0. The Balaban J connectivity index is 1.28. The molecule has 1 aromatic heterocycles. The van der Waals surface area contributed by atoms with E-state index in [9.17, 15) is 0 Å². The standard InChI is InChI=1S/C44H26BFN2/c46-38-17-6-7-18-40(38)47-41-19-9-14-33-34-15-8-16-35-36-24-30(27-10-2-1-3-11-27)20-21-39(36)48(44(34)35)45(43(33)41)37-25-31-22-28-12-4-5-13-29(28)23-32(31)26-42(37)47/h1-26H. The minimum absolute atomic E-state index is 0.0948. The van der Waals surface area contributed by atoms with Crippen LogP contribution in [-0.4, -0.2) is 11.3 Å². The van der Waals surface area contributed by atoms with Crippen LogP contribution in [-0.2, 0) is 0 Å². The van der Waals surface area contributed by atoms with Crippen LogP contribution in [0.25, 0.3) is 65.6 Å². The van der Waals surface area contributed by atoms with Crippen molar-refractivity contribution in [2.24, 2.45) is 0 Å². The molecule has 3 heterocycles. The smallest absolute Gasteiger partial charge is 0.333 e. The van der Waals surface area contributed by atoms with E-state index >= 15 is 4.39 Å². The summed E-state index contributed by atoms with van der Waals surface area (Å²) in [6.07, 6.45) is 0. The monoisotopic (exact) mass is 612 g/mol. The minimum Gasteiger partial charge on any atom is -0.375 e. The van der Waals surface area contributed by atoms with Crippen molar-refractivity contribution in [1.82, 2.24) is 4.48 Å². The molecule has 48 heavy (non-hydrogen) atoms. The first kappa shape index (κ1) is 26.0. The molecule has 0 atom stereocenters. The van der Waals surface area contributed by atoms with Gasteiger partial charge in [0.05, 0.1) is 5.69 Å². The highest BCUT2D eigenvalue weighted by atomic mass is 19.1. The number of hydrogen-bond acceptors (Lipinski definition) is 1. The Morgan fingerprint density at radius 2 is 1.17 bits per heavy atom. The van der Waals surface area contributed by atoms with Crippen LogP contribution in [0.2, 0.25) is 0 Å². The third-order valence-corrected chi connectivity index (χ3v) is 10.6. The number of anilines is 3. The zero-order chi connectivity index (χ0) is 31.5. The van der Waals surface area contributed by atoms with Crippen molar-refractivity contribution < 1.29 is 4.39 Å². The molecule has 0 spiro atoms. The molecular formula is C44H26BFN2. The number of rotatable bonds is 2. The quantitative estimate of drug-likeness (QED) is 0.139. The van der Waals surface area contributed by atoms with Gasteiger partial charge < -0.3 is 9.38 Å². The lowest BCUT2D eigenvalue weighted by molar-refractivity contribution is 0.629. The second-order valence-electron chi connectivity index (χ2n) is 13.1. The molecule has 0 radical (unpaired) electrons. The fraction of sp³-hybridized carbons (Fsp3) is 0. The van der Waals surface area contributed by atoms with Crippen molar-refractivity contribution in [3.05, 3.63) is 164 Å². The molecule has 0 bridgehead atoms. The number of fused-ring (bicyclic) bond motifs is 9. The first-order valence-electron chi connectivity index (χ1n) is 16.5. The average molecular weight is 613 g/mol. The van der Waals surface area contributed by atoms with Gasteiger partial charge in [0.25, 0.3) is 0 Å². The molecular weight excluding hydrogens is 586 g/mol. The predicted molar refractivity (Wildman–Crippen MR) is 200 cm³/mol. The van der Waals surface area contributed by atoms with Crippen molar-refractivity contribution in [1.29, 1.82) is 0 Å². The van der Waals surface area contributed by atoms with Gasteiger partial charge in [0.15, 0.2) is 0 Å². The summed E-state index contributed by atoms with van der Waals surface area (Å²) in [6.45, 7) is -0.0948. The Kier molecular flexibility index (Phi) is 5.13. The molecule has 222 valence electrons. The van der Waals surface area contributed by atoms with E-state index in [1.54, 1.807) is 12.1 Å². The Bertz CT molecular complexity index is 2820. The number of halogens is 1. The van der Waals surface area contributed by atoms with Crippen LogP contribution in [0.15, 0.2) is 158 Å². The van der Waals surface area contributed by atoms with E-state index < -0.39 is 0 Å². The Morgan fingerprint density at radius 1 is 0.458 bits per heavy atom. The lowest BCUT2D eigenvalue weighted by Gasteiger charge is -2.40. The van der Waals surface area contributed by atoms with Crippen molar-refractivity contribution in [3.63, 3.8) is 0 Å². The molecule has 11 rings (SSSR count). The SMILES string of the molecule is Fc1ccccc1N1c2cc3cc4ccccc4cc3cc2B2c3c(cccc31)-c1cccc3c4cc(-c5ccccc5)ccc4n2c13. The molecule has 2 aliphatic heterocycles. The number of hydrogen-bond donors (Lipinski definition) is 0. The van der Waals surface area contributed by atoms with E-state index in [4.69, 9.17) is 0 Å². The summed E-state index contributed by atoms with van der Waals surface area (Å²) >= 11 is 0. The van der Waals surface area contributed by atoms with Gasteiger partial charge >= 0.3 is 6.85 Å². The van der Waals surface area contributed by atoms with Gasteiger partial charge in [0.1, 0.15) is 5.82 Å². The second-order valence-corrected chi connectivity index (χ2v) is 13.1. The van der Waals surface area contributed by atoms with Crippen LogP contribution < -0.4 is 15.8 Å². The number of benzene rings is 8. The first-order chi connectivity index (χ1) is 23.7. The molecule has 2 nitrogen and oxygen atoms in total. The van der Waals surface area contributed by atoms with Crippen LogP contribution in [0, 0.1) is 5.82 Å². The summed E-state index contributed by atoms with van der Waals surface area (Å²) in [5, 5.41) is 7.22. The molecule has 0 saturated heterocycles. The van der Waals surface area contributed by atoms with Gasteiger partial charge in [-0.25, -0.2) is 4.39 Å². The summed E-state index contributed by atoms with van der Waals surface area (Å²) < 4.78 is 18.5. The summed E-state index contributed by atoms with van der Waals surface area (Å²) in [6, 6.07) is 55.6. The van der Waals surface area contributed by atoms with E-state index in [-0.39, 0.29) is 12.7 Å².